The Morgan fingerprint density at radius 3 is 2.50 bits per heavy atom. The number of halogens is 1. The maximum absolute atomic E-state index is 12.2. The molecule has 0 spiro atoms. The third kappa shape index (κ3) is 2.39. The van der Waals surface area contributed by atoms with Crippen molar-refractivity contribution in [2.45, 2.75) is 11.8 Å². The van der Waals surface area contributed by atoms with Crippen LogP contribution in [-0.4, -0.2) is 36.6 Å². The van der Waals surface area contributed by atoms with Crippen molar-refractivity contribution in [3.63, 3.8) is 0 Å². The molecule has 1 heterocycles. The Hall–Kier alpha value is -1.57. The lowest BCUT2D eigenvalue weighted by Crippen LogP contribution is -2.23. The minimum absolute atomic E-state index is 0.0456. The minimum Gasteiger partial charge on any atom is -0.396 e. The quantitative estimate of drug-likeness (QED) is 0.874. The molecule has 0 aliphatic rings. The van der Waals surface area contributed by atoms with Gasteiger partial charge in [-0.3, -0.25) is 0 Å². The van der Waals surface area contributed by atoms with Crippen LogP contribution in [0.3, 0.4) is 0 Å². The van der Waals surface area contributed by atoms with Gasteiger partial charge in [-0.2, -0.15) is 5.10 Å². The Morgan fingerprint density at radius 2 is 2.00 bits per heavy atom. The molecule has 0 radical (unpaired) electrons. The molecule has 0 saturated heterocycles. The van der Waals surface area contributed by atoms with Crippen LogP contribution in [0.4, 0.5) is 5.69 Å². The Balaban J connectivity index is 2.65. The van der Waals surface area contributed by atoms with E-state index < -0.39 is 10.0 Å². The summed E-state index contributed by atoms with van der Waals surface area (Å²) in [4.78, 5) is 0.0456. The molecular formula is C12H15ClN4O2S. The van der Waals surface area contributed by atoms with Gasteiger partial charge in [0.2, 0.25) is 10.0 Å². The van der Waals surface area contributed by atoms with Crippen LogP contribution < -0.4 is 5.73 Å². The highest BCUT2D eigenvalue weighted by atomic mass is 35.5. The topological polar surface area (TPSA) is 81.2 Å². The normalized spacial score (nSPS) is 12.1. The summed E-state index contributed by atoms with van der Waals surface area (Å²) < 4.78 is 27.0. The second kappa shape index (κ2) is 5.08. The fraction of sp³-hybridized carbons (Fsp3) is 0.250. The van der Waals surface area contributed by atoms with E-state index in [4.69, 9.17) is 17.3 Å². The van der Waals surface area contributed by atoms with E-state index in [-0.39, 0.29) is 10.6 Å². The van der Waals surface area contributed by atoms with Crippen molar-refractivity contribution in [1.82, 2.24) is 14.1 Å². The van der Waals surface area contributed by atoms with E-state index >= 15 is 0 Å². The van der Waals surface area contributed by atoms with Crippen LogP contribution in [0.15, 0.2) is 29.3 Å². The van der Waals surface area contributed by atoms with Crippen LogP contribution in [0.1, 0.15) is 5.69 Å². The fourth-order valence-corrected chi connectivity index (χ4v) is 2.87. The number of rotatable bonds is 3. The smallest absolute Gasteiger partial charge is 0.244 e. The number of para-hydroxylation sites is 1. The predicted molar refractivity (Wildman–Crippen MR) is 78.6 cm³/mol. The van der Waals surface area contributed by atoms with Crippen molar-refractivity contribution in [1.29, 1.82) is 0 Å². The Labute approximate surface area is 122 Å². The molecular weight excluding hydrogens is 300 g/mol. The van der Waals surface area contributed by atoms with Gasteiger partial charge in [0.05, 0.1) is 22.1 Å². The summed E-state index contributed by atoms with van der Waals surface area (Å²) in [5.41, 5.74) is 7.25. The number of anilines is 1. The van der Waals surface area contributed by atoms with Crippen molar-refractivity contribution >= 4 is 27.3 Å². The summed E-state index contributed by atoms with van der Waals surface area (Å²) in [5, 5.41) is 4.70. The van der Waals surface area contributed by atoms with E-state index in [0.717, 1.165) is 4.31 Å². The van der Waals surface area contributed by atoms with Gasteiger partial charge in [0.1, 0.15) is 4.90 Å². The van der Waals surface area contributed by atoms with Crippen LogP contribution in [0.2, 0.25) is 5.02 Å². The van der Waals surface area contributed by atoms with Crippen molar-refractivity contribution in [3.05, 3.63) is 35.1 Å². The lowest BCUT2D eigenvalue weighted by atomic mass is 10.3. The van der Waals surface area contributed by atoms with E-state index in [1.54, 1.807) is 25.3 Å². The second-order valence-corrected chi connectivity index (χ2v) is 7.01. The lowest BCUT2D eigenvalue weighted by molar-refractivity contribution is 0.521. The van der Waals surface area contributed by atoms with Crippen molar-refractivity contribution in [2.75, 3.05) is 19.8 Å². The second-order valence-electron chi connectivity index (χ2n) is 4.48. The number of nitrogens with two attached hydrogens (primary N) is 1. The predicted octanol–water partition coefficient (Wildman–Crippen LogP) is 1.67. The van der Waals surface area contributed by atoms with Crippen LogP contribution in [0, 0.1) is 6.92 Å². The van der Waals surface area contributed by atoms with E-state index in [0.29, 0.717) is 16.4 Å². The largest absolute Gasteiger partial charge is 0.396 e. The molecule has 0 fully saturated rings. The van der Waals surface area contributed by atoms with Gasteiger partial charge in [-0.05, 0) is 19.1 Å². The van der Waals surface area contributed by atoms with Gasteiger partial charge in [-0.1, -0.05) is 17.7 Å². The van der Waals surface area contributed by atoms with Crippen molar-refractivity contribution in [3.8, 4) is 5.69 Å². The molecule has 0 unspecified atom stereocenters. The first-order valence-electron chi connectivity index (χ1n) is 5.78. The zero-order valence-electron chi connectivity index (χ0n) is 11.3. The van der Waals surface area contributed by atoms with Gasteiger partial charge in [-0.15, -0.1) is 0 Å². The summed E-state index contributed by atoms with van der Waals surface area (Å²) in [6, 6.07) is 4.77. The van der Waals surface area contributed by atoms with Crippen molar-refractivity contribution < 1.29 is 8.42 Å². The van der Waals surface area contributed by atoms with E-state index in [2.05, 4.69) is 5.10 Å². The first-order valence-corrected chi connectivity index (χ1v) is 7.60. The summed E-state index contributed by atoms with van der Waals surface area (Å²) in [5.74, 6) is 0. The molecule has 0 bridgehead atoms. The maximum Gasteiger partial charge on any atom is 0.244 e. The van der Waals surface area contributed by atoms with Gasteiger partial charge in [0.25, 0.3) is 0 Å². The number of aryl methyl sites for hydroxylation is 1. The van der Waals surface area contributed by atoms with Gasteiger partial charge in [0, 0.05) is 20.3 Å². The molecule has 6 nitrogen and oxygen atoms in total. The number of nitrogen functional groups attached to an aromatic ring is 1. The van der Waals surface area contributed by atoms with Gasteiger partial charge < -0.3 is 5.73 Å². The molecule has 0 amide bonds. The van der Waals surface area contributed by atoms with Crippen molar-refractivity contribution in [2.24, 2.45) is 0 Å². The SMILES string of the molecule is Cc1nn(-c2cccc(S(=O)(=O)N(C)C)c2N)cc1Cl. The molecule has 0 aliphatic carbocycles. The van der Waals surface area contributed by atoms with Crippen LogP contribution in [0.5, 0.6) is 0 Å². The van der Waals surface area contributed by atoms with E-state index in [1.807, 2.05) is 0 Å². The van der Waals surface area contributed by atoms with E-state index in [9.17, 15) is 8.42 Å². The third-order valence-electron chi connectivity index (χ3n) is 2.89. The van der Waals surface area contributed by atoms with Crippen LogP contribution in [-0.2, 0) is 10.0 Å². The Morgan fingerprint density at radius 1 is 1.35 bits per heavy atom. The molecule has 0 atom stereocenters. The molecule has 108 valence electrons. The molecule has 8 heteroatoms. The number of sulfonamides is 1. The molecule has 1 aromatic carbocycles. The Kier molecular flexibility index (Phi) is 3.77. The monoisotopic (exact) mass is 314 g/mol. The fourth-order valence-electron chi connectivity index (χ4n) is 1.72. The number of benzene rings is 1. The first kappa shape index (κ1) is 14.8. The Bertz CT molecular complexity index is 733. The molecule has 2 aromatic rings. The molecule has 20 heavy (non-hydrogen) atoms. The standard InChI is InChI=1S/C12H15ClN4O2S/c1-8-9(13)7-17(15-8)10-5-4-6-11(12(10)14)20(18,19)16(2)3/h4-7H,14H2,1-3H3. The maximum atomic E-state index is 12.2. The zero-order chi connectivity index (χ0) is 15.1. The highest BCUT2D eigenvalue weighted by molar-refractivity contribution is 7.89. The number of hydrogen-bond acceptors (Lipinski definition) is 4. The molecule has 0 saturated carbocycles. The summed E-state index contributed by atoms with van der Waals surface area (Å²) in [6.45, 7) is 1.76. The van der Waals surface area contributed by atoms with E-state index in [1.165, 1.54) is 24.8 Å². The summed E-state index contributed by atoms with van der Waals surface area (Å²) >= 11 is 5.96. The molecule has 2 N–H and O–H groups in total. The third-order valence-corrected chi connectivity index (χ3v) is 5.13. The molecule has 0 aliphatic heterocycles. The van der Waals surface area contributed by atoms with Gasteiger partial charge in [-0.25, -0.2) is 17.4 Å². The number of hydrogen-bond donors (Lipinski definition) is 1. The van der Waals surface area contributed by atoms with Gasteiger partial charge in [0.15, 0.2) is 0 Å². The average molecular weight is 315 g/mol. The summed E-state index contributed by atoms with van der Waals surface area (Å²) in [6.07, 6.45) is 1.59. The number of nitrogens with zero attached hydrogens (tertiary/aromatic N) is 3. The molecule has 1 aromatic heterocycles. The first-order chi connectivity index (χ1) is 9.25. The van der Waals surface area contributed by atoms with Crippen LogP contribution in [0.25, 0.3) is 5.69 Å². The average Bonchev–Trinajstić information content (AvgIpc) is 2.69. The number of aromatic nitrogens is 2. The highest BCUT2D eigenvalue weighted by Crippen LogP contribution is 2.28. The van der Waals surface area contributed by atoms with Gasteiger partial charge >= 0.3 is 0 Å². The zero-order valence-corrected chi connectivity index (χ0v) is 12.9. The summed E-state index contributed by atoms with van der Waals surface area (Å²) in [7, 11) is -0.698. The van der Waals surface area contributed by atoms with Crippen LogP contribution >= 0.6 is 11.6 Å². The lowest BCUT2D eigenvalue weighted by Gasteiger charge is -2.15. The highest BCUT2D eigenvalue weighted by Gasteiger charge is 2.22. The molecule has 2 rings (SSSR count). The minimum atomic E-state index is -3.61.